The fraction of sp³-hybridized carbons (Fsp3) is 0.615. The van der Waals surface area contributed by atoms with Crippen LogP contribution in [0, 0.1) is 0 Å². The number of furan rings is 1. The predicted octanol–water partition coefficient (Wildman–Crippen LogP) is 2.12. The van der Waals surface area contributed by atoms with E-state index in [9.17, 15) is 4.79 Å². The van der Waals surface area contributed by atoms with Crippen LogP contribution in [0.15, 0.2) is 16.5 Å². The van der Waals surface area contributed by atoms with Crippen molar-refractivity contribution in [3.8, 4) is 0 Å². The van der Waals surface area contributed by atoms with Crippen molar-refractivity contribution in [2.45, 2.75) is 32.2 Å². The third-order valence-electron chi connectivity index (χ3n) is 3.17. The molecule has 1 atom stereocenters. The molecule has 5 nitrogen and oxygen atoms in total. The minimum atomic E-state index is -0.438. The Hall–Kier alpha value is -1.33. The summed E-state index contributed by atoms with van der Waals surface area (Å²) in [5, 5.41) is 2.22. The second kappa shape index (κ2) is 6.02. The maximum atomic E-state index is 11.3. The van der Waals surface area contributed by atoms with E-state index in [1.165, 1.54) is 26.4 Å². The first-order valence-corrected chi connectivity index (χ1v) is 6.40. The van der Waals surface area contributed by atoms with E-state index >= 15 is 0 Å². The van der Waals surface area contributed by atoms with E-state index in [0.29, 0.717) is 0 Å². The number of methoxy groups -OCH3 is 1. The number of nitrogens with zero attached hydrogens (tertiary/aromatic N) is 1. The average molecular weight is 252 g/mol. The second-order valence-corrected chi connectivity index (χ2v) is 4.59. The number of hydrogen-bond acceptors (Lipinski definition) is 5. The normalized spacial score (nSPS) is 18.6. The minimum absolute atomic E-state index is 0.0570. The highest BCUT2D eigenvalue weighted by atomic mass is 16.5. The Bertz CT molecular complexity index is 397. The molecule has 0 bridgehead atoms. The molecule has 1 saturated heterocycles. The molecule has 2 rings (SSSR count). The molecule has 1 N–H and O–H groups in total. The molecule has 0 aliphatic carbocycles. The van der Waals surface area contributed by atoms with Crippen LogP contribution in [0.3, 0.4) is 0 Å². The van der Waals surface area contributed by atoms with Crippen LogP contribution in [-0.2, 0) is 4.74 Å². The minimum Gasteiger partial charge on any atom is -0.463 e. The van der Waals surface area contributed by atoms with Crippen molar-refractivity contribution in [1.29, 1.82) is 0 Å². The topological polar surface area (TPSA) is 54.7 Å². The number of piperidine rings is 1. The number of carbonyl (C=O) groups is 1. The molecule has 5 heteroatoms. The first-order valence-electron chi connectivity index (χ1n) is 6.40. The number of rotatable bonds is 4. The Balaban J connectivity index is 1.93. The Kier molecular flexibility index (Phi) is 4.38. The lowest BCUT2D eigenvalue weighted by Crippen LogP contribution is -2.42. The molecule has 0 spiro atoms. The smallest absolute Gasteiger partial charge is 0.373 e. The Labute approximate surface area is 107 Å². The Morgan fingerprint density at radius 1 is 1.39 bits per heavy atom. The number of hydrazine groups is 1. The van der Waals surface area contributed by atoms with Gasteiger partial charge in [0.2, 0.25) is 5.76 Å². The SMILES string of the molecule is COC(=O)c1ccc(C(C)NN2CCCCC2)o1. The summed E-state index contributed by atoms with van der Waals surface area (Å²) in [5.74, 6) is 0.562. The van der Waals surface area contributed by atoms with E-state index in [0.717, 1.165) is 18.8 Å². The summed E-state index contributed by atoms with van der Waals surface area (Å²) in [4.78, 5) is 11.3. The highest BCUT2D eigenvalue weighted by Gasteiger charge is 2.18. The van der Waals surface area contributed by atoms with Crippen LogP contribution in [0.1, 0.15) is 48.5 Å². The highest BCUT2D eigenvalue weighted by Crippen LogP contribution is 2.18. The molecule has 1 aliphatic rings. The van der Waals surface area contributed by atoms with Crippen molar-refractivity contribution in [2.75, 3.05) is 20.2 Å². The zero-order valence-electron chi connectivity index (χ0n) is 10.9. The van der Waals surface area contributed by atoms with E-state index in [1.807, 2.05) is 13.0 Å². The summed E-state index contributed by atoms with van der Waals surface area (Å²) in [5.41, 5.74) is 3.39. The van der Waals surface area contributed by atoms with Crippen LogP contribution < -0.4 is 5.43 Å². The van der Waals surface area contributed by atoms with Crippen LogP contribution >= 0.6 is 0 Å². The number of ether oxygens (including phenoxy) is 1. The Morgan fingerprint density at radius 3 is 2.78 bits per heavy atom. The van der Waals surface area contributed by atoms with E-state index in [2.05, 4.69) is 15.2 Å². The van der Waals surface area contributed by atoms with E-state index in [1.54, 1.807) is 6.07 Å². The summed E-state index contributed by atoms with van der Waals surface area (Å²) < 4.78 is 10.1. The van der Waals surface area contributed by atoms with E-state index < -0.39 is 5.97 Å². The van der Waals surface area contributed by atoms with Gasteiger partial charge in [0, 0.05) is 13.1 Å². The molecule has 18 heavy (non-hydrogen) atoms. The largest absolute Gasteiger partial charge is 0.463 e. The van der Waals surface area contributed by atoms with Gasteiger partial charge in [-0.1, -0.05) is 6.42 Å². The molecule has 0 aromatic carbocycles. The summed E-state index contributed by atoms with van der Waals surface area (Å²) in [6.45, 7) is 4.15. The van der Waals surface area contributed by atoms with Crippen molar-refractivity contribution in [1.82, 2.24) is 10.4 Å². The first kappa shape index (κ1) is 13.1. The zero-order valence-corrected chi connectivity index (χ0v) is 10.9. The lowest BCUT2D eigenvalue weighted by molar-refractivity contribution is 0.0559. The van der Waals surface area contributed by atoms with Gasteiger partial charge < -0.3 is 9.15 Å². The molecule has 1 aromatic rings. The third kappa shape index (κ3) is 3.11. The predicted molar refractivity (Wildman–Crippen MR) is 67.0 cm³/mol. The molecule has 0 saturated carbocycles. The fourth-order valence-corrected chi connectivity index (χ4v) is 2.16. The van der Waals surface area contributed by atoms with Gasteiger partial charge in [0.05, 0.1) is 13.2 Å². The van der Waals surface area contributed by atoms with Gasteiger partial charge in [-0.2, -0.15) is 0 Å². The van der Waals surface area contributed by atoms with Crippen LogP contribution in [0.25, 0.3) is 0 Å². The number of hydrogen-bond donors (Lipinski definition) is 1. The van der Waals surface area contributed by atoms with Gasteiger partial charge in [-0.3, -0.25) is 0 Å². The third-order valence-corrected chi connectivity index (χ3v) is 3.17. The van der Waals surface area contributed by atoms with Gasteiger partial charge in [0.1, 0.15) is 5.76 Å². The maximum absolute atomic E-state index is 11.3. The summed E-state index contributed by atoms with van der Waals surface area (Å²) >= 11 is 0. The summed E-state index contributed by atoms with van der Waals surface area (Å²) in [7, 11) is 1.35. The molecular weight excluding hydrogens is 232 g/mol. The van der Waals surface area contributed by atoms with Gasteiger partial charge in [-0.05, 0) is 31.9 Å². The van der Waals surface area contributed by atoms with Crippen molar-refractivity contribution in [2.24, 2.45) is 0 Å². The molecule has 0 amide bonds. The summed E-state index contributed by atoms with van der Waals surface area (Å²) in [6, 6.07) is 3.52. The van der Waals surface area contributed by atoms with Crippen molar-refractivity contribution in [3.05, 3.63) is 23.7 Å². The zero-order chi connectivity index (χ0) is 13.0. The van der Waals surface area contributed by atoms with Crippen LogP contribution in [0.2, 0.25) is 0 Å². The van der Waals surface area contributed by atoms with Gasteiger partial charge in [0.25, 0.3) is 0 Å². The molecule has 1 unspecified atom stereocenters. The molecule has 1 fully saturated rings. The maximum Gasteiger partial charge on any atom is 0.373 e. The quantitative estimate of drug-likeness (QED) is 0.832. The standard InChI is InChI=1S/C13H20N2O3/c1-10(14-15-8-4-3-5-9-15)11-6-7-12(18-11)13(16)17-2/h6-7,10,14H,3-5,8-9H2,1-2H3. The molecule has 1 aromatic heterocycles. The summed E-state index contributed by atoms with van der Waals surface area (Å²) in [6.07, 6.45) is 3.76. The first-order chi connectivity index (χ1) is 8.70. The van der Waals surface area contributed by atoms with Crippen molar-refractivity contribution in [3.63, 3.8) is 0 Å². The van der Waals surface area contributed by atoms with Crippen LogP contribution in [0.4, 0.5) is 0 Å². The number of carbonyl (C=O) groups excluding carboxylic acids is 1. The molecule has 1 aliphatic heterocycles. The lowest BCUT2D eigenvalue weighted by Gasteiger charge is -2.29. The van der Waals surface area contributed by atoms with Gasteiger partial charge in [-0.25, -0.2) is 15.2 Å². The van der Waals surface area contributed by atoms with Crippen LogP contribution in [-0.4, -0.2) is 31.2 Å². The van der Waals surface area contributed by atoms with Crippen molar-refractivity contribution < 1.29 is 13.9 Å². The van der Waals surface area contributed by atoms with E-state index in [-0.39, 0.29) is 11.8 Å². The molecular formula is C13H20N2O3. The molecule has 100 valence electrons. The lowest BCUT2D eigenvalue weighted by atomic mass is 10.1. The van der Waals surface area contributed by atoms with Crippen molar-refractivity contribution >= 4 is 5.97 Å². The van der Waals surface area contributed by atoms with Crippen LogP contribution in [0.5, 0.6) is 0 Å². The molecule has 0 radical (unpaired) electrons. The van der Waals surface area contributed by atoms with Gasteiger partial charge >= 0.3 is 5.97 Å². The van der Waals surface area contributed by atoms with E-state index in [4.69, 9.17) is 4.42 Å². The fourth-order valence-electron chi connectivity index (χ4n) is 2.16. The average Bonchev–Trinajstić information content (AvgIpc) is 2.88. The highest BCUT2D eigenvalue weighted by molar-refractivity contribution is 5.86. The molecule has 2 heterocycles. The monoisotopic (exact) mass is 252 g/mol. The van der Waals surface area contributed by atoms with Gasteiger partial charge in [-0.15, -0.1) is 0 Å². The number of esters is 1. The number of nitrogens with one attached hydrogen (secondary N) is 1. The van der Waals surface area contributed by atoms with Gasteiger partial charge in [0.15, 0.2) is 0 Å². The Morgan fingerprint density at radius 2 is 2.11 bits per heavy atom. The second-order valence-electron chi connectivity index (χ2n) is 4.59.